The molecule has 0 aliphatic rings. The van der Waals surface area contributed by atoms with E-state index in [0.717, 1.165) is 4.90 Å². The number of ketones is 1. The van der Waals surface area contributed by atoms with Crippen LogP contribution in [0, 0.1) is 5.92 Å². The van der Waals surface area contributed by atoms with Gasteiger partial charge in [-0.25, -0.2) is 0 Å². The molecule has 3 amide bonds. The Bertz CT molecular complexity index is 450. The molecule has 0 saturated carbocycles. The molecule has 7 nitrogen and oxygen atoms in total. The maximum atomic E-state index is 12.2. The molecule has 0 rings (SSSR count). The van der Waals surface area contributed by atoms with Gasteiger partial charge in [0.15, 0.2) is 0 Å². The Morgan fingerprint density at radius 3 is 1.54 bits per heavy atom. The molecule has 0 atom stereocenters. The fraction of sp³-hybridized carbons (Fsp3) is 0.692. The first-order valence-corrected chi connectivity index (χ1v) is 7.51. The topological polar surface area (TPSA) is 78.0 Å². The first-order valence-electron chi connectivity index (χ1n) is 7.51. The average molecular weight is 325 g/mol. The Kier molecular flexibility index (Phi) is 10.2. The highest BCUT2D eigenvalue weighted by Crippen LogP contribution is 2.08. The lowest BCUT2D eigenvalue weighted by Gasteiger charge is -2.25. The maximum Gasteiger partial charge on any atom is 0.223 e. The summed E-state index contributed by atoms with van der Waals surface area (Å²) >= 11 is 0. The third kappa shape index (κ3) is 8.84. The molecule has 11 heteroatoms. The van der Waals surface area contributed by atoms with Gasteiger partial charge in [0.25, 0.3) is 0 Å². The van der Waals surface area contributed by atoms with E-state index in [9.17, 15) is 19.2 Å². The van der Waals surface area contributed by atoms with Crippen molar-refractivity contribution in [2.75, 3.05) is 13.1 Å². The minimum absolute atomic E-state index is 0.0485. The minimum Gasteiger partial charge on any atom is -0.447 e. The molecule has 0 heterocycles. The fourth-order valence-electron chi connectivity index (χ4n) is 1.74. The molecule has 0 N–H and O–H groups in total. The van der Waals surface area contributed by atoms with Crippen LogP contribution in [0.4, 0.5) is 0 Å². The van der Waals surface area contributed by atoms with Crippen molar-refractivity contribution >= 4 is 55.4 Å². The monoisotopic (exact) mass is 325 g/mol. The van der Waals surface area contributed by atoms with Crippen molar-refractivity contribution in [2.24, 2.45) is 5.92 Å². The summed E-state index contributed by atoms with van der Waals surface area (Å²) in [5, 5.41) is 0. The van der Waals surface area contributed by atoms with E-state index in [4.69, 9.17) is 31.9 Å². The zero-order valence-electron chi connectivity index (χ0n) is 14.1. The van der Waals surface area contributed by atoms with Crippen LogP contribution in [0.3, 0.4) is 0 Å². The normalized spacial score (nSPS) is 10.3. The molecule has 122 valence electrons. The summed E-state index contributed by atoms with van der Waals surface area (Å²) < 4.78 is 0.656. The van der Waals surface area contributed by atoms with Gasteiger partial charge in [-0.3, -0.25) is 19.2 Å². The third-order valence-corrected chi connectivity index (χ3v) is 3.29. The van der Waals surface area contributed by atoms with E-state index in [2.05, 4.69) is 0 Å². The Labute approximate surface area is 148 Å². The van der Waals surface area contributed by atoms with Gasteiger partial charge in [0.2, 0.25) is 49.6 Å². The number of hydrogen-bond donors (Lipinski definition) is 0. The van der Waals surface area contributed by atoms with Gasteiger partial charge in [-0.05, 0) is 12.8 Å². The number of hydrogen-bond acceptors (Lipinski definition) is 4. The van der Waals surface area contributed by atoms with Crippen LogP contribution in [0.5, 0.6) is 0 Å². The fourth-order valence-corrected chi connectivity index (χ4v) is 1.74. The zero-order valence-corrected chi connectivity index (χ0v) is 14.1. The average Bonchev–Trinajstić information content (AvgIpc) is 2.49. The molecule has 0 bridgehead atoms. The molecular formula is C13H19B4N3O4. The molecule has 0 fully saturated rings. The number of carbonyl (C=O) groups is 4. The van der Waals surface area contributed by atoms with Crippen LogP contribution in [0.1, 0.15) is 39.5 Å². The number of amides is 3. The standard InChI is InChI=1S/C13H19B4N3O4/c1-9(2)10(21)5-3-4-6-11(22)18(7-12(23)19(14)15)8-13(24)20(16)17/h9H,3-8H2,1-2H3. The first-order chi connectivity index (χ1) is 11.1. The van der Waals surface area contributed by atoms with Gasteiger partial charge in [0, 0.05) is 18.8 Å². The molecule has 24 heavy (non-hydrogen) atoms. The van der Waals surface area contributed by atoms with Crippen LogP contribution in [-0.2, 0) is 19.2 Å². The molecule has 0 aromatic rings. The van der Waals surface area contributed by atoms with Crippen LogP contribution >= 0.6 is 0 Å². The van der Waals surface area contributed by atoms with Gasteiger partial charge in [-0.15, -0.1) is 0 Å². The smallest absolute Gasteiger partial charge is 0.223 e. The van der Waals surface area contributed by atoms with Crippen molar-refractivity contribution in [1.29, 1.82) is 0 Å². The quantitative estimate of drug-likeness (QED) is 0.365. The van der Waals surface area contributed by atoms with Crippen LogP contribution < -0.4 is 0 Å². The molecule has 0 spiro atoms. The summed E-state index contributed by atoms with van der Waals surface area (Å²) in [6.45, 7) is 2.67. The number of carbonyl (C=O) groups excluding carboxylic acids is 4. The van der Waals surface area contributed by atoms with Gasteiger partial charge < -0.3 is 14.3 Å². The minimum atomic E-state index is -0.758. The Balaban J connectivity index is 4.59. The van der Waals surface area contributed by atoms with E-state index in [-0.39, 0.29) is 18.1 Å². The lowest BCUT2D eigenvalue weighted by molar-refractivity contribution is -0.140. The van der Waals surface area contributed by atoms with Crippen molar-refractivity contribution in [3.05, 3.63) is 0 Å². The summed E-state index contributed by atoms with van der Waals surface area (Å²) in [5.74, 6) is -1.91. The summed E-state index contributed by atoms with van der Waals surface area (Å²) in [4.78, 5) is 47.8. The summed E-state index contributed by atoms with van der Waals surface area (Å²) in [7, 11) is 20.4. The van der Waals surface area contributed by atoms with E-state index >= 15 is 0 Å². The summed E-state index contributed by atoms with van der Waals surface area (Å²) in [5.41, 5.74) is 0. The molecule has 0 saturated heterocycles. The van der Waals surface area contributed by atoms with Crippen LogP contribution in [0.25, 0.3) is 0 Å². The Morgan fingerprint density at radius 2 is 1.17 bits per heavy atom. The van der Waals surface area contributed by atoms with E-state index in [0.29, 0.717) is 28.7 Å². The lowest BCUT2D eigenvalue weighted by atomic mass is 10.0. The molecular weight excluding hydrogens is 305 g/mol. The molecule has 8 radical (unpaired) electrons. The van der Waals surface area contributed by atoms with Crippen molar-refractivity contribution in [3.63, 3.8) is 0 Å². The first kappa shape index (κ1) is 22.3. The number of unbranched alkanes of at least 4 members (excludes halogenated alkanes) is 1. The van der Waals surface area contributed by atoms with Crippen LogP contribution in [0.15, 0.2) is 0 Å². The molecule has 0 unspecified atom stereocenters. The van der Waals surface area contributed by atoms with E-state index in [1.165, 1.54) is 0 Å². The lowest BCUT2D eigenvalue weighted by Crippen LogP contribution is -2.46. The van der Waals surface area contributed by atoms with Crippen LogP contribution in [-0.4, -0.2) is 82.9 Å². The van der Waals surface area contributed by atoms with Gasteiger partial charge >= 0.3 is 0 Å². The van der Waals surface area contributed by atoms with Crippen molar-refractivity contribution in [2.45, 2.75) is 39.5 Å². The second kappa shape index (κ2) is 11.0. The SMILES string of the molecule is [B]N([B])C(=O)CN(CC(=O)N([B])[B])C(=O)CCCCC(=O)C(C)C. The number of nitrogens with zero attached hydrogens (tertiary/aromatic N) is 3. The largest absolute Gasteiger partial charge is 0.447 e. The van der Waals surface area contributed by atoms with Gasteiger partial charge in [-0.1, -0.05) is 13.8 Å². The Morgan fingerprint density at radius 1 is 0.750 bits per heavy atom. The molecule has 0 aromatic heterocycles. The highest BCUT2D eigenvalue weighted by molar-refractivity contribution is 6.35. The highest BCUT2D eigenvalue weighted by atomic mass is 16.2. The number of Topliss-reactive ketones (excluding diaryl/α,β-unsaturated/α-hetero) is 1. The second-order valence-electron chi connectivity index (χ2n) is 5.68. The summed E-state index contributed by atoms with van der Waals surface area (Å²) in [6, 6.07) is 0. The maximum absolute atomic E-state index is 12.2. The molecule has 0 aliphatic carbocycles. The van der Waals surface area contributed by atoms with Crippen LogP contribution in [0.2, 0.25) is 0 Å². The van der Waals surface area contributed by atoms with Gasteiger partial charge in [0.05, 0.1) is 13.1 Å². The van der Waals surface area contributed by atoms with E-state index in [1.807, 2.05) is 13.8 Å². The summed E-state index contributed by atoms with van der Waals surface area (Å²) in [6.07, 6.45) is 1.43. The van der Waals surface area contributed by atoms with Crippen molar-refractivity contribution < 1.29 is 19.2 Å². The molecule has 0 aromatic carbocycles. The zero-order chi connectivity index (χ0) is 18.9. The Hall–Kier alpha value is -1.66. The number of rotatable bonds is 10. The van der Waals surface area contributed by atoms with Gasteiger partial charge in [0.1, 0.15) is 5.78 Å². The van der Waals surface area contributed by atoms with Gasteiger partial charge in [-0.2, -0.15) is 0 Å². The third-order valence-electron chi connectivity index (χ3n) is 3.29. The van der Waals surface area contributed by atoms with E-state index < -0.39 is 30.8 Å². The second-order valence-corrected chi connectivity index (χ2v) is 5.68. The molecule has 0 aliphatic heterocycles. The van der Waals surface area contributed by atoms with Crippen molar-refractivity contribution in [1.82, 2.24) is 14.3 Å². The van der Waals surface area contributed by atoms with Crippen molar-refractivity contribution in [3.8, 4) is 0 Å². The van der Waals surface area contributed by atoms with E-state index in [1.54, 1.807) is 0 Å². The predicted molar refractivity (Wildman–Crippen MR) is 91.6 cm³/mol. The highest BCUT2D eigenvalue weighted by Gasteiger charge is 2.21. The predicted octanol–water partition coefficient (Wildman–Crippen LogP) is -1.41.